The van der Waals surface area contributed by atoms with E-state index in [2.05, 4.69) is 6.92 Å². The van der Waals surface area contributed by atoms with Crippen LogP contribution in [0.4, 0.5) is 0 Å². The molecular formula is C18H29NO3. The van der Waals surface area contributed by atoms with Crippen LogP contribution in [-0.4, -0.2) is 26.2 Å². The fourth-order valence-electron chi connectivity index (χ4n) is 2.41. The van der Waals surface area contributed by atoms with E-state index in [1.165, 1.54) is 19.3 Å². The van der Waals surface area contributed by atoms with Crippen LogP contribution in [0, 0.1) is 0 Å². The normalized spacial score (nSPS) is 10.6. The van der Waals surface area contributed by atoms with Crippen LogP contribution in [0.15, 0.2) is 18.2 Å². The van der Waals surface area contributed by atoms with Gasteiger partial charge in [-0.2, -0.15) is 0 Å². The van der Waals surface area contributed by atoms with E-state index in [9.17, 15) is 4.79 Å². The van der Waals surface area contributed by atoms with Gasteiger partial charge >= 0.3 is 0 Å². The fraction of sp³-hybridized carbons (Fsp3) is 0.611. The number of carbonyl (C=O) groups is 1. The van der Waals surface area contributed by atoms with Crippen LogP contribution in [0.5, 0.6) is 5.75 Å². The lowest BCUT2D eigenvalue weighted by molar-refractivity contribution is 0.0995. The van der Waals surface area contributed by atoms with Crippen molar-refractivity contribution >= 4 is 5.91 Å². The number of nitrogens with two attached hydrogens (primary N) is 1. The highest BCUT2D eigenvalue weighted by molar-refractivity contribution is 5.96. The molecule has 124 valence electrons. The van der Waals surface area contributed by atoms with Crippen molar-refractivity contribution in [3.63, 3.8) is 0 Å². The zero-order chi connectivity index (χ0) is 16.2. The van der Waals surface area contributed by atoms with E-state index >= 15 is 0 Å². The zero-order valence-corrected chi connectivity index (χ0v) is 13.9. The number of unbranched alkanes of at least 4 members (excludes halogenated alkanes) is 4. The Bertz CT molecular complexity index is 446. The highest BCUT2D eigenvalue weighted by atomic mass is 16.5. The van der Waals surface area contributed by atoms with Crippen molar-refractivity contribution in [1.29, 1.82) is 0 Å². The molecule has 2 N–H and O–H groups in total. The molecule has 1 aromatic rings. The average Bonchev–Trinajstić information content (AvgIpc) is 2.52. The lowest BCUT2D eigenvalue weighted by Crippen LogP contribution is -2.15. The highest BCUT2D eigenvalue weighted by Crippen LogP contribution is 2.26. The van der Waals surface area contributed by atoms with Gasteiger partial charge in [0, 0.05) is 13.7 Å². The summed E-state index contributed by atoms with van der Waals surface area (Å²) < 4.78 is 10.9. The van der Waals surface area contributed by atoms with Gasteiger partial charge in [0.05, 0.1) is 12.2 Å². The van der Waals surface area contributed by atoms with E-state index < -0.39 is 5.91 Å². The summed E-state index contributed by atoms with van der Waals surface area (Å²) in [6, 6.07) is 5.65. The molecule has 0 heterocycles. The van der Waals surface area contributed by atoms with Gasteiger partial charge in [-0.15, -0.1) is 0 Å². The second-order valence-electron chi connectivity index (χ2n) is 5.52. The molecule has 0 bridgehead atoms. The molecule has 0 unspecified atom stereocenters. The molecule has 1 rings (SSSR count). The number of primary amides is 1. The van der Waals surface area contributed by atoms with E-state index in [1.54, 1.807) is 13.2 Å². The SMILES string of the molecule is CCCCCCc1cccc(C(N)=O)c1OCCCCOC. The van der Waals surface area contributed by atoms with Gasteiger partial charge in [-0.25, -0.2) is 0 Å². The standard InChI is InChI=1S/C18H29NO3/c1-3-4-5-6-10-15-11-9-12-16(18(19)20)17(15)22-14-8-7-13-21-2/h9,11-12H,3-8,10,13-14H2,1-2H3,(H2,19,20). The van der Waals surface area contributed by atoms with Crippen LogP contribution < -0.4 is 10.5 Å². The van der Waals surface area contributed by atoms with Gasteiger partial charge in [-0.05, 0) is 37.3 Å². The van der Waals surface area contributed by atoms with Crippen molar-refractivity contribution in [2.75, 3.05) is 20.3 Å². The largest absolute Gasteiger partial charge is 0.492 e. The smallest absolute Gasteiger partial charge is 0.252 e. The van der Waals surface area contributed by atoms with Gasteiger partial charge in [0.1, 0.15) is 5.75 Å². The number of hydrogen-bond acceptors (Lipinski definition) is 3. The first-order chi connectivity index (χ1) is 10.7. The van der Waals surface area contributed by atoms with E-state index in [1.807, 2.05) is 12.1 Å². The molecule has 4 heteroatoms. The first-order valence-electron chi connectivity index (χ1n) is 8.24. The second kappa shape index (κ2) is 11.1. The number of carbonyl (C=O) groups excluding carboxylic acids is 1. The maximum absolute atomic E-state index is 11.6. The lowest BCUT2D eigenvalue weighted by Gasteiger charge is -2.14. The number of aryl methyl sites for hydroxylation is 1. The number of methoxy groups -OCH3 is 1. The van der Waals surface area contributed by atoms with Crippen molar-refractivity contribution in [2.45, 2.75) is 51.9 Å². The van der Waals surface area contributed by atoms with E-state index in [0.717, 1.165) is 37.9 Å². The van der Waals surface area contributed by atoms with Crippen molar-refractivity contribution < 1.29 is 14.3 Å². The van der Waals surface area contributed by atoms with Crippen LogP contribution in [-0.2, 0) is 11.2 Å². The minimum atomic E-state index is -0.428. The van der Waals surface area contributed by atoms with Crippen molar-refractivity contribution in [1.82, 2.24) is 0 Å². The predicted molar refractivity (Wildman–Crippen MR) is 89.4 cm³/mol. The molecule has 0 atom stereocenters. The first kappa shape index (κ1) is 18.5. The number of amides is 1. The second-order valence-corrected chi connectivity index (χ2v) is 5.52. The Kier molecular flexibility index (Phi) is 9.31. The molecule has 0 fully saturated rings. The Morgan fingerprint density at radius 2 is 1.86 bits per heavy atom. The molecule has 0 saturated heterocycles. The fourth-order valence-corrected chi connectivity index (χ4v) is 2.41. The zero-order valence-electron chi connectivity index (χ0n) is 13.9. The van der Waals surface area contributed by atoms with Crippen LogP contribution in [0.2, 0.25) is 0 Å². The number of rotatable bonds is 12. The summed E-state index contributed by atoms with van der Waals surface area (Å²) in [6.45, 7) is 3.50. The van der Waals surface area contributed by atoms with Crippen molar-refractivity contribution in [2.24, 2.45) is 5.73 Å². The summed E-state index contributed by atoms with van der Waals surface area (Å²) in [5, 5.41) is 0. The van der Waals surface area contributed by atoms with Crippen LogP contribution in [0.25, 0.3) is 0 Å². The Hall–Kier alpha value is -1.55. The minimum absolute atomic E-state index is 0.428. The minimum Gasteiger partial charge on any atom is -0.492 e. The van der Waals surface area contributed by atoms with Gasteiger partial charge in [0.25, 0.3) is 5.91 Å². The van der Waals surface area contributed by atoms with E-state index in [0.29, 0.717) is 17.9 Å². The number of benzene rings is 1. The van der Waals surface area contributed by atoms with Gasteiger partial charge < -0.3 is 15.2 Å². The topological polar surface area (TPSA) is 61.6 Å². The summed E-state index contributed by atoms with van der Waals surface area (Å²) in [6.07, 6.45) is 7.53. The number of para-hydroxylation sites is 1. The van der Waals surface area contributed by atoms with Crippen LogP contribution in [0.3, 0.4) is 0 Å². The number of hydrogen-bond donors (Lipinski definition) is 1. The lowest BCUT2D eigenvalue weighted by atomic mass is 10.0. The van der Waals surface area contributed by atoms with Gasteiger partial charge in [0.2, 0.25) is 0 Å². The third kappa shape index (κ3) is 6.48. The van der Waals surface area contributed by atoms with Crippen LogP contribution >= 0.6 is 0 Å². The Morgan fingerprint density at radius 3 is 2.55 bits per heavy atom. The summed E-state index contributed by atoms with van der Waals surface area (Å²) in [7, 11) is 1.69. The quantitative estimate of drug-likeness (QED) is 0.599. The molecular weight excluding hydrogens is 278 g/mol. The monoisotopic (exact) mass is 307 g/mol. The summed E-state index contributed by atoms with van der Waals surface area (Å²) in [4.78, 5) is 11.6. The molecule has 0 aliphatic heterocycles. The average molecular weight is 307 g/mol. The van der Waals surface area contributed by atoms with E-state index in [-0.39, 0.29) is 0 Å². The highest BCUT2D eigenvalue weighted by Gasteiger charge is 2.13. The Labute approximate surface area is 134 Å². The van der Waals surface area contributed by atoms with Gasteiger partial charge in [-0.3, -0.25) is 4.79 Å². The predicted octanol–water partition coefficient (Wildman–Crippen LogP) is 3.71. The molecule has 1 aromatic carbocycles. The number of ether oxygens (including phenoxy) is 2. The molecule has 0 radical (unpaired) electrons. The first-order valence-corrected chi connectivity index (χ1v) is 8.24. The third-order valence-corrected chi connectivity index (χ3v) is 3.65. The molecule has 22 heavy (non-hydrogen) atoms. The molecule has 0 aliphatic carbocycles. The van der Waals surface area contributed by atoms with Crippen molar-refractivity contribution in [3.8, 4) is 5.75 Å². The maximum atomic E-state index is 11.6. The third-order valence-electron chi connectivity index (χ3n) is 3.65. The van der Waals surface area contributed by atoms with Crippen molar-refractivity contribution in [3.05, 3.63) is 29.3 Å². The summed E-state index contributed by atoms with van der Waals surface area (Å²) >= 11 is 0. The molecule has 0 aromatic heterocycles. The molecule has 4 nitrogen and oxygen atoms in total. The molecule has 0 aliphatic rings. The summed E-state index contributed by atoms with van der Waals surface area (Å²) in [5.41, 5.74) is 7.04. The molecule has 0 spiro atoms. The maximum Gasteiger partial charge on any atom is 0.252 e. The van der Waals surface area contributed by atoms with E-state index in [4.69, 9.17) is 15.2 Å². The molecule has 1 amide bonds. The van der Waals surface area contributed by atoms with Crippen LogP contribution in [0.1, 0.15) is 61.4 Å². The summed E-state index contributed by atoms with van der Waals surface area (Å²) in [5.74, 6) is 0.242. The van der Waals surface area contributed by atoms with Gasteiger partial charge in [-0.1, -0.05) is 38.3 Å². The molecule has 0 saturated carbocycles. The van der Waals surface area contributed by atoms with Gasteiger partial charge in [0.15, 0.2) is 0 Å². The Balaban J connectivity index is 2.68. The Morgan fingerprint density at radius 1 is 1.09 bits per heavy atom.